The third-order valence-electron chi connectivity index (χ3n) is 5.84. The van der Waals surface area contributed by atoms with E-state index >= 15 is 0 Å². The summed E-state index contributed by atoms with van der Waals surface area (Å²) in [5, 5.41) is 8.72. The third-order valence-corrected chi connectivity index (χ3v) is 5.84. The highest BCUT2D eigenvalue weighted by atomic mass is 16.5. The van der Waals surface area contributed by atoms with Crippen molar-refractivity contribution in [2.24, 2.45) is 0 Å². The quantitative estimate of drug-likeness (QED) is 0.369. The first kappa shape index (κ1) is 21.0. The number of hydroxylamine groups is 1. The van der Waals surface area contributed by atoms with E-state index < -0.39 is 5.91 Å². The average Bonchev–Trinajstić information content (AvgIpc) is 3.15. The first-order valence-electron chi connectivity index (χ1n) is 10.6. The Morgan fingerprint density at radius 1 is 1.16 bits per heavy atom. The van der Waals surface area contributed by atoms with Crippen molar-refractivity contribution in [3.63, 3.8) is 0 Å². The summed E-state index contributed by atoms with van der Waals surface area (Å²) in [4.78, 5) is 18.9. The summed E-state index contributed by atoms with van der Waals surface area (Å²) < 4.78 is 2.39. The molecule has 4 rings (SSSR count). The molecule has 0 spiro atoms. The zero-order valence-electron chi connectivity index (χ0n) is 18.0. The predicted octanol–water partition coefficient (Wildman–Crippen LogP) is 4.31. The monoisotopic (exact) mass is 416 g/mol. The molecule has 1 amide bonds. The van der Waals surface area contributed by atoms with E-state index in [4.69, 9.17) is 10.2 Å². The van der Waals surface area contributed by atoms with Crippen LogP contribution in [0.15, 0.2) is 60.7 Å². The van der Waals surface area contributed by atoms with Gasteiger partial charge in [0.05, 0.1) is 5.69 Å². The van der Waals surface area contributed by atoms with Crippen LogP contribution in [0.25, 0.3) is 28.7 Å². The van der Waals surface area contributed by atoms with Gasteiger partial charge in [0.1, 0.15) is 5.82 Å². The van der Waals surface area contributed by atoms with Gasteiger partial charge in [0.25, 0.3) is 5.91 Å². The van der Waals surface area contributed by atoms with Gasteiger partial charge in [-0.15, -0.1) is 0 Å². The van der Waals surface area contributed by atoms with Gasteiger partial charge in [-0.2, -0.15) is 0 Å². The van der Waals surface area contributed by atoms with E-state index in [1.54, 1.807) is 11.6 Å². The molecule has 1 aliphatic heterocycles. The summed E-state index contributed by atoms with van der Waals surface area (Å²) in [6, 6.07) is 18.6. The molecule has 2 N–H and O–H groups in total. The van der Waals surface area contributed by atoms with E-state index in [1.807, 2.05) is 36.4 Å². The van der Waals surface area contributed by atoms with Gasteiger partial charge in [0.15, 0.2) is 0 Å². The molecule has 6 nitrogen and oxygen atoms in total. The number of imidazole rings is 1. The van der Waals surface area contributed by atoms with Gasteiger partial charge in [0, 0.05) is 35.5 Å². The highest BCUT2D eigenvalue weighted by Crippen LogP contribution is 2.34. The van der Waals surface area contributed by atoms with Crippen LogP contribution >= 0.6 is 0 Å². The number of rotatable bonds is 5. The van der Waals surface area contributed by atoms with Gasteiger partial charge >= 0.3 is 0 Å². The van der Waals surface area contributed by atoms with Gasteiger partial charge in [0.2, 0.25) is 0 Å². The number of likely N-dealkylation sites (N-methyl/N-ethyl adjacent to an activating group) is 1. The normalized spacial score (nSPS) is 17.2. The standard InChI is InChI=1S/C25H28N4O2/c1-18-24(20-9-4-3-5-10-20)26-25(29(18)22-12-7-15-28(2)17-22)21-11-6-8-19(16-21)13-14-23(30)27-31/h3-6,8-11,13-14,16,22,31H,7,12,15,17H2,1-2H3,(H,27,30)/b14-13+/t22-/m1/s1. The lowest BCUT2D eigenvalue weighted by atomic mass is 10.0. The number of piperidine rings is 1. The second-order valence-corrected chi connectivity index (χ2v) is 8.10. The highest BCUT2D eigenvalue weighted by Gasteiger charge is 2.26. The van der Waals surface area contributed by atoms with Crippen molar-refractivity contribution in [1.29, 1.82) is 0 Å². The van der Waals surface area contributed by atoms with Crippen molar-refractivity contribution in [3.05, 3.63) is 71.9 Å². The van der Waals surface area contributed by atoms with Crippen molar-refractivity contribution >= 4 is 12.0 Å². The number of hydrogen-bond acceptors (Lipinski definition) is 4. The summed E-state index contributed by atoms with van der Waals surface area (Å²) in [6.07, 6.45) is 5.28. The SMILES string of the molecule is Cc1c(-c2ccccc2)nc(-c2cccc(/C=C/C(=O)NO)c2)n1[C@@H]1CCCN(C)C1. The summed E-state index contributed by atoms with van der Waals surface area (Å²) in [6.45, 7) is 4.27. The molecule has 2 heterocycles. The van der Waals surface area contributed by atoms with Crippen LogP contribution < -0.4 is 5.48 Å². The molecule has 0 radical (unpaired) electrons. The number of amides is 1. The number of likely N-dealkylation sites (tertiary alicyclic amines) is 1. The fourth-order valence-electron chi connectivity index (χ4n) is 4.37. The molecule has 6 heteroatoms. The number of nitrogens with one attached hydrogen (secondary N) is 1. The Hall–Kier alpha value is -3.22. The van der Waals surface area contributed by atoms with Crippen molar-refractivity contribution in [3.8, 4) is 22.6 Å². The van der Waals surface area contributed by atoms with E-state index in [0.717, 1.165) is 54.1 Å². The zero-order chi connectivity index (χ0) is 21.8. The average molecular weight is 417 g/mol. The fraction of sp³-hybridized carbons (Fsp3) is 0.280. The van der Waals surface area contributed by atoms with Gasteiger partial charge in [-0.05, 0) is 51.1 Å². The van der Waals surface area contributed by atoms with Crippen LogP contribution in [0.2, 0.25) is 0 Å². The molecule has 1 aromatic heterocycles. The van der Waals surface area contributed by atoms with Crippen LogP contribution in [-0.4, -0.2) is 45.7 Å². The highest BCUT2D eigenvalue weighted by molar-refractivity contribution is 5.91. The van der Waals surface area contributed by atoms with Crippen molar-refractivity contribution in [2.75, 3.05) is 20.1 Å². The number of benzene rings is 2. The van der Waals surface area contributed by atoms with E-state index in [0.29, 0.717) is 6.04 Å². The molecule has 0 unspecified atom stereocenters. The van der Waals surface area contributed by atoms with Crippen molar-refractivity contribution in [1.82, 2.24) is 19.9 Å². The molecule has 0 aliphatic carbocycles. The van der Waals surface area contributed by atoms with Gasteiger partial charge < -0.3 is 9.47 Å². The zero-order valence-corrected chi connectivity index (χ0v) is 18.0. The summed E-state index contributed by atoms with van der Waals surface area (Å²) in [5.74, 6) is 0.387. The Labute approximate surface area is 182 Å². The van der Waals surface area contributed by atoms with Crippen LogP contribution in [0.5, 0.6) is 0 Å². The maximum atomic E-state index is 11.4. The second kappa shape index (κ2) is 9.29. The van der Waals surface area contributed by atoms with E-state index in [-0.39, 0.29) is 0 Å². The number of carbonyl (C=O) groups is 1. The first-order valence-corrected chi connectivity index (χ1v) is 10.6. The van der Waals surface area contributed by atoms with Gasteiger partial charge in [-0.25, -0.2) is 10.5 Å². The number of nitrogens with zero attached hydrogens (tertiary/aromatic N) is 3. The molecule has 1 aliphatic rings. The van der Waals surface area contributed by atoms with Crippen LogP contribution in [0.4, 0.5) is 0 Å². The summed E-state index contributed by atoms with van der Waals surface area (Å²) in [7, 11) is 2.17. The van der Waals surface area contributed by atoms with Crippen LogP contribution in [-0.2, 0) is 4.79 Å². The van der Waals surface area contributed by atoms with Crippen molar-refractivity contribution in [2.45, 2.75) is 25.8 Å². The first-order chi connectivity index (χ1) is 15.1. The van der Waals surface area contributed by atoms with Crippen LogP contribution in [0.3, 0.4) is 0 Å². The molecule has 3 aromatic rings. The maximum Gasteiger partial charge on any atom is 0.267 e. The van der Waals surface area contributed by atoms with Crippen LogP contribution in [0, 0.1) is 6.92 Å². The van der Waals surface area contributed by atoms with Crippen LogP contribution in [0.1, 0.15) is 30.1 Å². The number of carbonyl (C=O) groups excluding carboxylic acids is 1. The Morgan fingerprint density at radius 2 is 1.94 bits per heavy atom. The fourth-order valence-corrected chi connectivity index (χ4v) is 4.37. The molecule has 160 valence electrons. The smallest absolute Gasteiger partial charge is 0.267 e. The molecule has 0 bridgehead atoms. The van der Waals surface area contributed by atoms with E-state index in [2.05, 4.69) is 41.6 Å². The Bertz CT molecular complexity index is 1090. The number of aromatic nitrogens is 2. The van der Waals surface area contributed by atoms with Crippen molar-refractivity contribution < 1.29 is 10.0 Å². The van der Waals surface area contributed by atoms with E-state index in [9.17, 15) is 4.79 Å². The minimum atomic E-state index is -0.556. The minimum absolute atomic E-state index is 0.359. The summed E-state index contributed by atoms with van der Waals surface area (Å²) in [5.41, 5.74) is 6.78. The lowest BCUT2D eigenvalue weighted by Crippen LogP contribution is -2.34. The van der Waals surface area contributed by atoms with Gasteiger partial charge in [-0.3, -0.25) is 10.0 Å². The molecule has 1 fully saturated rings. The molecular formula is C25H28N4O2. The third kappa shape index (κ3) is 4.60. The second-order valence-electron chi connectivity index (χ2n) is 8.10. The molecule has 0 saturated carbocycles. The molecule has 31 heavy (non-hydrogen) atoms. The molecule has 1 atom stereocenters. The largest absolute Gasteiger partial charge is 0.323 e. The molecule has 2 aromatic carbocycles. The maximum absolute atomic E-state index is 11.4. The lowest BCUT2D eigenvalue weighted by Gasteiger charge is -2.32. The predicted molar refractivity (Wildman–Crippen MR) is 123 cm³/mol. The van der Waals surface area contributed by atoms with E-state index in [1.165, 1.54) is 11.8 Å². The Kier molecular flexibility index (Phi) is 6.30. The van der Waals surface area contributed by atoms with Gasteiger partial charge in [-0.1, -0.05) is 48.5 Å². The molecule has 1 saturated heterocycles. The summed E-state index contributed by atoms with van der Waals surface area (Å²) >= 11 is 0. The lowest BCUT2D eigenvalue weighted by molar-refractivity contribution is -0.124. The Balaban J connectivity index is 1.81. The Morgan fingerprint density at radius 3 is 2.68 bits per heavy atom. The molecular weight excluding hydrogens is 388 g/mol. The topological polar surface area (TPSA) is 70.4 Å². The number of hydrogen-bond donors (Lipinski definition) is 2. The minimum Gasteiger partial charge on any atom is -0.323 e.